The van der Waals surface area contributed by atoms with Crippen molar-refractivity contribution >= 4 is 51.9 Å². The average molecular weight is 549 g/mol. The molecule has 40 heavy (non-hydrogen) atoms. The van der Waals surface area contributed by atoms with Crippen LogP contribution in [0.3, 0.4) is 0 Å². The maximum Gasteiger partial charge on any atom is 0.534 e. The SMILES string of the molecule is CN(C(=O)OC(C)(C)C)c1nc2[nH]c(-c3cccc(COC(=O)ON4C(=O)CCC4=O)c3)cc2c2c1ncn2C. The zero-order valence-electron chi connectivity index (χ0n) is 22.7. The normalized spacial score (nSPS) is 13.8. The largest absolute Gasteiger partial charge is 0.534 e. The molecule has 208 valence electrons. The summed E-state index contributed by atoms with van der Waals surface area (Å²) in [6.07, 6.45) is -0.0492. The van der Waals surface area contributed by atoms with Gasteiger partial charge in [0.15, 0.2) is 5.82 Å². The van der Waals surface area contributed by atoms with E-state index in [1.165, 1.54) is 4.90 Å². The van der Waals surface area contributed by atoms with Crippen molar-refractivity contribution in [2.24, 2.45) is 7.05 Å². The lowest BCUT2D eigenvalue weighted by Crippen LogP contribution is -2.34. The highest BCUT2D eigenvalue weighted by atomic mass is 16.8. The molecule has 1 fully saturated rings. The molecule has 4 heterocycles. The number of nitrogens with zero attached hydrogens (tertiary/aromatic N) is 5. The van der Waals surface area contributed by atoms with Gasteiger partial charge in [0, 0.05) is 38.0 Å². The van der Waals surface area contributed by atoms with Crippen molar-refractivity contribution in [3.8, 4) is 11.3 Å². The molecule has 0 unspecified atom stereocenters. The minimum absolute atomic E-state index is 0.00256. The second-order valence-corrected chi connectivity index (χ2v) is 10.4. The third-order valence-electron chi connectivity index (χ3n) is 6.17. The molecule has 0 saturated carbocycles. The first-order valence-electron chi connectivity index (χ1n) is 12.5. The van der Waals surface area contributed by atoms with Crippen molar-refractivity contribution in [2.45, 2.75) is 45.8 Å². The first-order valence-corrected chi connectivity index (χ1v) is 12.5. The number of H-pyrrole nitrogens is 1. The predicted octanol–water partition coefficient (Wildman–Crippen LogP) is 4.21. The number of imidazole rings is 1. The standard InChI is InChI=1S/C27H28N6O7/c1-27(2,3)39-25(36)32(5)24-21-22(31(4)14-28-21)17-12-18(29-23(17)30-24)16-8-6-7-15(11-16)13-38-26(37)40-33-19(34)9-10-20(33)35/h6-8,11-12,14H,9-10,13H2,1-5H3,(H,29,30). The molecule has 5 rings (SSSR count). The Balaban J connectivity index is 1.40. The van der Waals surface area contributed by atoms with E-state index in [9.17, 15) is 19.2 Å². The van der Waals surface area contributed by atoms with Gasteiger partial charge >= 0.3 is 12.2 Å². The Morgan fingerprint density at radius 2 is 1.85 bits per heavy atom. The number of benzene rings is 1. The lowest BCUT2D eigenvalue weighted by Gasteiger charge is -2.24. The number of carbonyl (C=O) groups is 4. The number of aryl methyl sites for hydroxylation is 1. The van der Waals surface area contributed by atoms with Crippen LogP contribution in [0.5, 0.6) is 0 Å². The summed E-state index contributed by atoms with van der Waals surface area (Å²) in [6.45, 7) is 5.24. The van der Waals surface area contributed by atoms with Gasteiger partial charge < -0.3 is 19.0 Å². The van der Waals surface area contributed by atoms with E-state index in [-0.39, 0.29) is 19.4 Å². The Hall–Kier alpha value is -4.94. The summed E-state index contributed by atoms with van der Waals surface area (Å²) >= 11 is 0. The molecule has 13 nitrogen and oxygen atoms in total. The van der Waals surface area contributed by atoms with Gasteiger partial charge in [-0.15, -0.1) is 0 Å². The van der Waals surface area contributed by atoms with E-state index in [0.29, 0.717) is 27.6 Å². The van der Waals surface area contributed by atoms with Crippen LogP contribution in [-0.4, -0.2) is 61.3 Å². The fraction of sp³-hybridized carbons (Fsp3) is 0.333. The molecular weight excluding hydrogens is 520 g/mol. The van der Waals surface area contributed by atoms with Crippen molar-refractivity contribution in [1.29, 1.82) is 0 Å². The summed E-state index contributed by atoms with van der Waals surface area (Å²) in [5, 5.41) is 1.24. The second-order valence-electron chi connectivity index (χ2n) is 10.4. The number of aromatic nitrogens is 4. The molecule has 4 aromatic rings. The number of aromatic amines is 1. The third-order valence-corrected chi connectivity index (χ3v) is 6.17. The van der Waals surface area contributed by atoms with E-state index in [1.54, 1.807) is 46.3 Å². The van der Waals surface area contributed by atoms with Gasteiger partial charge in [-0.2, -0.15) is 0 Å². The number of fused-ring (bicyclic) bond motifs is 3. The van der Waals surface area contributed by atoms with Crippen molar-refractivity contribution in [3.05, 3.63) is 42.2 Å². The van der Waals surface area contributed by atoms with Gasteiger partial charge in [0.2, 0.25) is 0 Å². The Bertz CT molecular complexity index is 1650. The van der Waals surface area contributed by atoms with E-state index in [0.717, 1.165) is 22.2 Å². The highest BCUT2D eigenvalue weighted by molar-refractivity contribution is 6.09. The lowest BCUT2D eigenvalue weighted by atomic mass is 10.1. The van der Waals surface area contributed by atoms with Crippen LogP contribution in [0, 0.1) is 0 Å². The summed E-state index contributed by atoms with van der Waals surface area (Å²) < 4.78 is 12.5. The van der Waals surface area contributed by atoms with Crippen LogP contribution >= 0.6 is 0 Å². The monoisotopic (exact) mass is 548 g/mol. The lowest BCUT2D eigenvalue weighted by molar-refractivity contribution is -0.177. The van der Waals surface area contributed by atoms with E-state index in [2.05, 4.69) is 9.97 Å². The fourth-order valence-corrected chi connectivity index (χ4v) is 4.32. The molecule has 0 spiro atoms. The smallest absolute Gasteiger partial charge is 0.443 e. The number of hydrogen-bond acceptors (Lipinski definition) is 9. The van der Waals surface area contributed by atoms with Crippen molar-refractivity contribution in [3.63, 3.8) is 0 Å². The number of ether oxygens (including phenoxy) is 2. The number of rotatable bonds is 5. The van der Waals surface area contributed by atoms with Gasteiger partial charge in [-0.3, -0.25) is 19.3 Å². The second kappa shape index (κ2) is 9.98. The molecule has 0 bridgehead atoms. The molecule has 13 heteroatoms. The van der Waals surface area contributed by atoms with Gasteiger partial charge in [-0.05, 0) is 44.0 Å². The Kier molecular flexibility index (Phi) is 6.65. The van der Waals surface area contributed by atoms with Gasteiger partial charge in [0.1, 0.15) is 23.4 Å². The van der Waals surface area contributed by atoms with Crippen LogP contribution in [0.2, 0.25) is 0 Å². The van der Waals surface area contributed by atoms with Gasteiger partial charge in [0.25, 0.3) is 11.8 Å². The van der Waals surface area contributed by atoms with Crippen LogP contribution in [0.4, 0.5) is 15.4 Å². The molecule has 1 aliphatic heterocycles. The first kappa shape index (κ1) is 26.7. The first-order chi connectivity index (χ1) is 18.9. The average Bonchev–Trinajstić information content (AvgIpc) is 3.59. The van der Waals surface area contributed by atoms with Gasteiger partial charge in [0.05, 0.1) is 11.8 Å². The number of hydroxylamine groups is 2. The molecule has 3 aromatic heterocycles. The third kappa shape index (κ3) is 5.17. The fourth-order valence-electron chi connectivity index (χ4n) is 4.32. The molecule has 1 N–H and O–H groups in total. The molecule has 0 radical (unpaired) electrons. The number of nitrogens with one attached hydrogen (secondary N) is 1. The zero-order valence-corrected chi connectivity index (χ0v) is 22.7. The van der Waals surface area contributed by atoms with Crippen molar-refractivity contribution in [1.82, 2.24) is 24.6 Å². The number of imide groups is 1. The number of pyridine rings is 1. The molecule has 0 atom stereocenters. The van der Waals surface area contributed by atoms with E-state index < -0.39 is 29.7 Å². The molecule has 3 amide bonds. The Morgan fingerprint density at radius 1 is 1.12 bits per heavy atom. The van der Waals surface area contributed by atoms with Gasteiger partial charge in [-0.25, -0.2) is 19.6 Å². The summed E-state index contributed by atoms with van der Waals surface area (Å²) in [6, 6.07) is 9.19. The topological polar surface area (TPSA) is 149 Å². The van der Waals surface area contributed by atoms with E-state index >= 15 is 0 Å². The van der Waals surface area contributed by atoms with Crippen molar-refractivity contribution < 1.29 is 33.5 Å². The Labute approximate surface area is 228 Å². The summed E-state index contributed by atoms with van der Waals surface area (Å²) in [7, 11) is 3.45. The van der Waals surface area contributed by atoms with E-state index in [1.807, 2.05) is 29.8 Å². The van der Waals surface area contributed by atoms with Crippen molar-refractivity contribution in [2.75, 3.05) is 11.9 Å². The molecular formula is C27H28N6O7. The van der Waals surface area contributed by atoms with Crippen LogP contribution in [-0.2, 0) is 37.6 Å². The number of anilines is 1. The molecule has 1 aromatic carbocycles. The molecule has 0 aliphatic carbocycles. The summed E-state index contributed by atoms with van der Waals surface area (Å²) in [4.78, 5) is 66.7. The van der Waals surface area contributed by atoms with Crippen LogP contribution in [0.15, 0.2) is 36.7 Å². The van der Waals surface area contributed by atoms with Crippen LogP contribution in [0.25, 0.3) is 33.3 Å². The highest BCUT2D eigenvalue weighted by Crippen LogP contribution is 2.33. The maximum atomic E-state index is 12.8. The van der Waals surface area contributed by atoms with Gasteiger partial charge in [-0.1, -0.05) is 23.3 Å². The zero-order chi connectivity index (χ0) is 28.8. The minimum atomic E-state index is -1.15. The molecule has 1 saturated heterocycles. The van der Waals surface area contributed by atoms with E-state index in [4.69, 9.17) is 19.3 Å². The van der Waals surface area contributed by atoms with Crippen LogP contribution < -0.4 is 4.90 Å². The van der Waals surface area contributed by atoms with Crippen LogP contribution in [0.1, 0.15) is 39.2 Å². The maximum absolute atomic E-state index is 12.8. The summed E-state index contributed by atoms with van der Waals surface area (Å²) in [5.41, 5.74) is 3.37. The molecule has 1 aliphatic rings. The number of carbonyl (C=O) groups excluding carboxylic acids is 4. The summed E-state index contributed by atoms with van der Waals surface area (Å²) in [5.74, 6) is -0.819. The highest BCUT2D eigenvalue weighted by Gasteiger charge is 2.33. The minimum Gasteiger partial charge on any atom is -0.443 e. The number of amides is 3. The Morgan fingerprint density at radius 3 is 2.55 bits per heavy atom. The predicted molar refractivity (Wildman–Crippen MR) is 143 cm³/mol. The quantitative estimate of drug-likeness (QED) is 0.286. The number of hydrogen-bond donors (Lipinski definition) is 1.